The fourth-order valence-electron chi connectivity index (χ4n) is 1.48. The van der Waals surface area contributed by atoms with Crippen LogP contribution in [0.3, 0.4) is 0 Å². The zero-order chi connectivity index (χ0) is 11.8. The molecule has 0 saturated heterocycles. The zero-order valence-corrected chi connectivity index (χ0v) is 8.67. The molecule has 0 saturated carbocycles. The van der Waals surface area contributed by atoms with Gasteiger partial charge in [0.2, 0.25) is 0 Å². The molecule has 0 bridgehead atoms. The molecule has 84 valence electrons. The molecule has 5 nitrogen and oxygen atoms in total. The predicted molar refractivity (Wildman–Crippen MR) is 56.1 cm³/mol. The Morgan fingerprint density at radius 1 is 1.56 bits per heavy atom. The number of aliphatic hydroxyl groups is 1. The van der Waals surface area contributed by atoms with E-state index >= 15 is 0 Å². The van der Waals surface area contributed by atoms with Crippen LogP contribution < -0.4 is 0 Å². The van der Waals surface area contributed by atoms with Gasteiger partial charge in [-0.3, -0.25) is 4.79 Å². The van der Waals surface area contributed by atoms with Gasteiger partial charge in [-0.25, -0.2) is 4.98 Å². The highest BCUT2D eigenvalue weighted by Crippen LogP contribution is 2.26. The highest BCUT2D eigenvalue weighted by Gasteiger charge is 2.34. The molecule has 0 aliphatic carbocycles. The van der Waals surface area contributed by atoms with Crippen molar-refractivity contribution in [3.05, 3.63) is 30.2 Å². The van der Waals surface area contributed by atoms with E-state index in [1.807, 2.05) is 0 Å². The normalized spacial score (nSPS) is 14.9. The number of carboxylic acid groups (broad SMARTS) is 1. The summed E-state index contributed by atoms with van der Waals surface area (Å²) in [6.45, 7) is 0.995. The predicted octanol–water partition coefficient (Wildman–Crippen LogP) is 1.16. The molecule has 2 N–H and O–H groups in total. The fourth-order valence-corrected chi connectivity index (χ4v) is 1.48. The summed E-state index contributed by atoms with van der Waals surface area (Å²) in [5, 5.41) is 18.3. The molecule has 0 aliphatic heterocycles. The molecule has 1 atom stereocenters. The number of nitrogens with zero attached hydrogens (tertiary/aromatic N) is 1. The van der Waals surface area contributed by atoms with Crippen LogP contribution in [0.2, 0.25) is 0 Å². The maximum atomic E-state index is 11.1. The average molecular weight is 221 g/mol. The Kier molecular flexibility index (Phi) is 2.40. The lowest BCUT2D eigenvalue weighted by atomic mass is 9.83. The Bertz CT molecular complexity index is 534. The quantitative estimate of drug-likeness (QED) is 0.812. The van der Waals surface area contributed by atoms with Gasteiger partial charge in [-0.15, -0.1) is 0 Å². The van der Waals surface area contributed by atoms with Crippen LogP contribution >= 0.6 is 0 Å². The number of rotatable bonds is 3. The van der Waals surface area contributed by atoms with Crippen LogP contribution in [0.5, 0.6) is 0 Å². The minimum absolute atomic E-state index is 0.470. The van der Waals surface area contributed by atoms with Crippen LogP contribution in [0, 0.1) is 0 Å². The number of oxazole rings is 1. The Balaban J connectivity index is 2.57. The third-order valence-electron chi connectivity index (χ3n) is 2.76. The summed E-state index contributed by atoms with van der Waals surface area (Å²) in [4.78, 5) is 15.1. The van der Waals surface area contributed by atoms with E-state index < -0.39 is 18.0 Å². The summed E-state index contributed by atoms with van der Waals surface area (Å²) in [7, 11) is 0. The number of carboxylic acids is 1. The van der Waals surface area contributed by atoms with Crippen LogP contribution in [0.1, 0.15) is 12.5 Å². The second kappa shape index (κ2) is 3.61. The molecule has 0 fully saturated rings. The number of carbonyl (C=O) groups is 1. The van der Waals surface area contributed by atoms with Crippen LogP contribution in [0.15, 0.2) is 29.0 Å². The minimum atomic E-state index is -1.32. The minimum Gasteiger partial charge on any atom is -0.481 e. The number of aromatic nitrogens is 1. The number of benzene rings is 1. The van der Waals surface area contributed by atoms with Gasteiger partial charge in [0.1, 0.15) is 10.9 Å². The van der Waals surface area contributed by atoms with Gasteiger partial charge in [0.05, 0.1) is 6.61 Å². The van der Waals surface area contributed by atoms with E-state index in [0.29, 0.717) is 16.7 Å². The van der Waals surface area contributed by atoms with Crippen LogP contribution in [-0.2, 0) is 10.2 Å². The van der Waals surface area contributed by atoms with Gasteiger partial charge < -0.3 is 14.6 Å². The van der Waals surface area contributed by atoms with Crippen LogP contribution in [0.4, 0.5) is 0 Å². The number of aliphatic hydroxyl groups excluding tert-OH is 1. The molecule has 5 heteroatoms. The van der Waals surface area contributed by atoms with Crippen molar-refractivity contribution < 1.29 is 19.4 Å². The van der Waals surface area contributed by atoms with E-state index in [2.05, 4.69) is 4.98 Å². The van der Waals surface area contributed by atoms with Crippen molar-refractivity contribution in [3.63, 3.8) is 0 Å². The molecule has 0 spiro atoms. The molecule has 1 heterocycles. The molecule has 0 aliphatic rings. The molecular formula is C11H11NO4. The number of fused-ring (bicyclic) bond motifs is 1. The molecule has 0 amide bonds. The van der Waals surface area contributed by atoms with Crippen LogP contribution in [-0.4, -0.2) is 27.8 Å². The van der Waals surface area contributed by atoms with E-state index in [1.54, 1.807) is 18.2 Å². The van der Waals surface area contributed by atoms with Crippen molar-refractivity contribution in [1.82, 2.24) is 4.98 Å². The van der Waals surface area contributed by atoms with Crippen molar-refractivity contribution >= 4 is 17.1 Å². The van der Waals surface area contributed by atoms with E-state index in [-0.39, 0.29) is 0 Å². The third-order valence-corrected chi connectivity index (χ3v) is 2.76. The lowest BCUT2D eigenvalue weighted by Crippen LogP contribution is -2.36. The van der Waals surface area contributed by atoms with Gasteiger partial charge in [0.25, 0.3) is 0 Å². The SMILES string of the molecule is CC(CO)(C(=O)O)c1ccc2ncoc2c1. The molecular weight excluding hydrogens is 210 g/mol. The highest BCUT2D eigenvalue weighted by atomic mass is 16.4. The highest BCUT2D eigenvalue weighted by molar-refractivity contribution is 5.83. The van der Waals surface area contributed by atoms with Gasteiger partial charge in [-0.05, 0) is 24.6 Å². The van der Waals surface area contributed by atoms with Gasteiger partial charge in [0, 0.05) is 0 Å². The summed E-state index contributed by atoms with van der Waals surface area (Å²) in [6.07, 6.45) is 1.30. The largest absolute Gasteiger partial charge is 0.481 e. The Hall–Kier alpha value is -1.88. The molecule has 0 radical (unpaired) electrons. The van der Waals surface area contributed by atoms with E-state index in [1.165, 1.54) is 13.3 Å². The van der Waals surface area contributed by atoms with Crippen molar-refractivity contribution in [3.8, 4) is 0 Å². The summed E-state index contributed by atoms with van der Waals surface area (Å²) in [6, 6.07) is 4.90. The molecule has 1 aromatic carbocycles. The second-order valence-electron chi connectivity index (χ2n) is 3.83. The van der Waals surface area contributed by atoms with Gasteiger partial charge in [-0.2, -0.15) is 0 Å². The Labute approximate surface area is 91.3 Å². The Morgan fingerprint density at radius 2 is 2.31 bits per heavy atom. The summed E-state index contributed by atoms with van der Waals surface area (Å²) in [5.41, 5.74) is 0.348. The zero-order valence-electron chi connectivity index (χ0n) is 8.67. The maximum Gasteiger partial charge on any atom is 0.316 e. The smallest absolute Gasteiger partial charge is 0.316 e. The first-order valence-electron chi connectivity index (χ1n) is 4.76. The number of hydrogen-bond donors (Lipinski definition) is 2. The first kappa shape index (κ1) is 10.6. The van der Waals surface area contributed by atoms with Crippen molar-refractivity contribution in [2.24, 2.45) is 0 Å². The molecule has 16 heavy (non-hydrogen) atoms. The summed E-state index contributed by atoms with van der Waals surface area (Å²) < 4.78 is 5.09. The summed E-state index contributed by atoms with van der Waals surface area (Å²) >= 11 is 0. The average Bonchev–Trinajstić information content (AvgIpc) is 2.74. The molecule has 1 aromatic heterocycles. The molecule has 2 aromatic rings. The van der Waals surface area contributed by atoms with E-state index in [4.69, 9.17) is 9.52 Å². The van der Waals surface area contributed by atoms with Crippen molar-refractivity contribution in [2.75, 3.05) is 6.61 Å². The first-order valence-corrected chi connectivity index (χ1v) is 4.76. The monoisotopic (exact) mass is 221 g/mol. The lowest BCUT2D eigenvalue weighted by molar-refractivity contribution is -0.144. The van der Waals surface area contributed by atoms with Gasteiger partial charge >= 0.3 is 5.97 Å². The van der Waals surface area contributed by atoms with Crippen molar-refractivity contribution in [2.45, 2.75) is 12.3 Å². The first-order chi connectivity index (χ1) is 7.58. The van der Waals surface area contributed by atoms with Gasteiger partial charge in [0.15, 0.2) is 12.0 Å². The van der Waals surface area contributed by atoms with Crippen LogP contribution in [0.25, 0.3) is 11.1 Å². The van der Waals surface area contributed by atoms with E-state index in [0.717, 1.165) is 0 Å². The van der Waals surface area contributed by atoms with Gasteiger partial charge in [-0.1, -0.05) is 6.07 Å². The number of hydrogen-bond acceptors (Lipinski definition) is 4. The molecule has 2 rings (SSSR count). The molecule has 1 unspecified atom stereocenters. The second-order valence-corrected chi connectivity index (χ2v) is 3.83. The maximum absolute atomic E-state index is 11.1. The standard InChI is InChI=1S/C11H11NO4/c1-11(5-13,10(14)15)7-2-3-8-9(4-7)16-6-12-8/h2-4,6,13H,5H2,1H3,(H,14,15). The van der Waals surface area contributed by atoms with E-state index in [9.17, 15) is 9.90 Å². The number of aliphatic carboxylic acids is 1. The van der Waals surface area contributed by atoms with Crippen molar-refractivity contribution in [1.29, 1.82) is 0 Å². The summed E-state index contributed by atoms with van der Waals surface area (Å²) in [5.74, 6) is -1.08. The fraction of sp³-hybridized carbons (Fsp3) is 0.273. The Morgan fingerprint density at radius 3 is 2.94 bits per heavy atom. The topological polar surface area (TPSA) is 83.6 Å². The lowest BCUT2D eigenvalue weighted by Gasteiger charge is -2.22. The third kappa shape index (κ3) is 1.45.